The summed E-state index contributed by atoms with van der Waals surface area (Å²) < 4.78 is 5.40. The van der Waals surface area contributed by atoms with Crippen LogP contribution in [0.15, 0.2) is 0 Å². The van der Waals surface area contributed by atoms with E-state index >= 15 is 0 Å². The van der Waals surface area contributed by atoms with Gasteiger partial charge in [-0.3, -0.25) is 4.79 Å². The lowest BCUT2D eigenvalue weighted by atomic mass is 10.2. The molecule has 4 nitrogen and oxygen atoms in total. The summed E-state index contributed by atoms with van der Waals surface area (Å²) in [5.74, 6) is 0.158. The van der Waals surface area contributed by atoms with E-state index in [9.17, 15) is 4.79 Å². The molecule has 1 rings (SSSR count). The lowest BCUT2D eigenvalue weighted by molar-refractivity contribution is -0.136. The van der Waals surface area contributed by atoms with Gasteiger partial charge in [0, 0.05) is 19.7 Å². The van der Waals surface area contributed by atoms with Crippen LogP contribution in [0.1, 0.15) is 44.9 Å². The topological polar surface area (TPSA) is 55.6 Å². The third-order valence-corrected chi connectivity index (χ3v) is 3.18. The first-order valence-corrected chi connectivity index (χ1v) is 6.90. The molecule has 0 spiro atoms. The molecule has 0 aliphatic carbocycles. The van der Waals surface area contributed by atoms with Crippen molar-refractivity contribution in [1.82, 2.24) is 4.90 Å². The van der Waals surface area contributed by atoms with Gasteiger partial charge < -0.3 is 15.4 Å². The number of nitrogens with zero attached hydrogens (tertiary/aromatic N) is 1. The maximum absolute atomic E-state index is 11.8. The minimum absolute atomic E-state index is 0.158. The average Bonchev–Trinajstić information content (AvgIpc) is 2.62. The zero-order chi connectivity index (χ0) is 12.3. The van der Waals surface area contributed by atoms with Crippen molar-refractivity contribution >= 4 is 5.91 Å². The molecule has 0 aromatic rings. The lowest BCUT2D eigenvalue weighted by Crippen LogP contribution is -2.34. The number of carbonyl (C=O) groups is 1. The number of ether oxygens (including phenoxy) is 1. The second kappa shape index (κ2) is 9.42. The van der Waals surface area contributed by atoms with Gasteiger partial charge in [0.2, 0.25) is 5.91 Å². The molecule has 0 saturated carbocycles. The second-order valence-corrected chi connectivity index (χ2v) is 4.70. The van der Waals surface area contributed by atoms with Gasteiger partial charge in [-0.2, -0.15) is 0 Å². The Bertz CT molecular complexity index is 202. The Kier molecular flexibility index (Phi) is 8.01. The van der Waals surface area contributed by atoms with Gasteiger partial charge in [0.1, 0.15) is 6.61 Å². The molecule has 1 amide bonds. The zero-order valence-corrected chi connectivity index (χ0v) is 10.8. The molecular formula is C13H26N2O2. The maximum Gasteiger partial charge on any atom is 0.248 e. The highest BCUT2D eigenvalue weighted by molar-refractivity contribution is 5.77. The van der Waals surface area contributed by atoms with Crippen LogP contribution in [0.2, 0.25) is 0 Å². The van der Waals surface area contributed by atoms with E-state index in [-0.39, 0.29) is 12.5 Å². The van der Waals surface area contributed by atoms with Crippen molar-refractivity contribution in [2.45, 2.75) is 44.9 Å². The van der Waals surface area contributed by atoms with Gasteiger partial charge >= 0.3 is 0 Å². The van der Waals surface area contributed by atoms with Gasteiger partial charge in [-0.15, -0.1) is 0 Å². The van der Waals surface area contributed by atoms with Crippen LogP contribution in [0.5, 0.6) is 0 Å². The molecule has 1 fully saturated rings. The summed E-state index contributed by atoms with van der Waals surface area (Å²) in [6.45, 7) is 3.50. The van der Waals surface area contributed by atoms with Gasteiger partial charge in [0.15, 0.2) is 0 Å². The zero-order valence-electron chi connectivity index (χ0n) is 10.8. The molecular weight excluding hydrogens is 216 g/mol. The molecule has 100 valence electrons. The minimum atomic E-state index is 0.158. The fraction of sp³-hybridized carbons (Fsp3) is 0.923. The van der Waals surface area contributed by atoms with Gasteiger partial charge in [-0.1, -0.05) is 12.8 Å². The molecule has 4 heteroatoms. The molecule has 0 radical (unpaired) electrons. The second-order valence-electron chi connectivity index (χ2n) is 4.70. The smallest absolute Gasteiger partial charge is 0.248 e. The van der Waals surface area contributed by atoms with Crippen molar-refractivity contribution in [2.75, 3.05) is 32.8 Å². The summed E-state index contributed by atoms with van der Waals surface area (Å²) in [5, 5.41) is 0. The summed E-state index contributed by atoms with van der Waals surface area (Å²) in [6.07, 6.45) is 7.93. The third kappa shape index (κ3) is 6.64. The molecule has 0 bridgehead atoms. The Balaban J connectivity index is 2.03. The standard InChI is InChI=1S/C13H26N2O2/c14-8-4-3-7-11-17-12-13(16)15-9-5-1-2-6-10-15/h1-12,14H2. The van der Waals surface area contributed by atoms with Crippen molar-refractivity contribution in [3.63, 3.8) is 0 Å². The molecule has 1 heterocycles. The quantitative estimate of drug-likeness (QED) is 0.689. The van der Waals surface area contributed by atoms with Gasteiger partial charge in [-0.25, -0.2) is 0 Å². The van der Waals surface area contributed by atoms with E-state index in [4.69, 9.17) is 10.5 Å². The summed E-state index contributed by atoms with van der Waals surface area (Å²) in [7, 11) is 0. The Morgan fingerprint density at radius 1 is 1.06 bits per heavy atom. The maximum atomic E-state index is 11.8. The van der Waals surface area contributed by atoms with E-state index in [1.54, 1.807) is 0 Å². The van der Waals surface area contributed by atoms with E-state index < -0.39 is 0 Å². The van der Waals surface area contributed by atoms with Gasteiger partial charge in [0.05, 0.1) is 0 Å². The van der Waals surface area contributed by atoms with E-state index in [0.29, 0.717) is 6.61 Å². The van der Waals surface area contributed by atoms with E-state index in [1.807, 2.05) is 4.90 Å². The van der Waals surface area contributed by atoms with E-state index in [0.717, 1.165) is 51.7 Å². The van der Waals surface area contributed by atoms with Crippen molar-refractivity contribution in [2.24, 2.45) is 5.73 Å². The highest BCUT2D eigenvalue weighted by Crippen LogP contribution is 2.09. The number of hydrogen-bond donors (Lipinski definition) is 1. The van der Waals surface area contributed by atoms with Crippen LogP contribution in [0.3, 0.4) is 0 Å². The highest BCUT2D eigenvalue weighted by Gasteiger charge is 2.14. The Hall–Kier alpha value is -0.610. The van der Waals surface area contributed by atoms with Crippen LogP contribution in [0.25, 0.3) is 0 Å². The Labute approximate surface area is 104 Å². The normalized spacial score (nSPS) is 16.9. The van der Waals surface area contributed by atoms with Crippen LogP contribution in [-0.4, -0.2) is 43.7 Å². The van der Waals surface area contributed by atoms with Crippen molar-refractivity contribution < 1.29 is 9.53 Å². The summed E-state index contributed by atoms with van der Waals surface area (Å²) in [4.78, 5) is 13.8. The molecule has 1 saturated heterocycles. The van der Waals surface area contributed by atoms with E-state index in [1.165, 1.54) is 12.8 Å². The summed E-state index contributed by atoms with van der Waals surface area (Å²) in [5.41, 5.74) is 5.40. The van der Waals surface area contributed by atoms with Crippen molar-refractivity contribution in [3.8, 4) is 0 Å². The van der Waals surface area contributed by atoms with Gasteiger partial charge in [-0.05, 0) is 38.6 Å². The first kappa shape index (κ1) is 14.5. The number of amides is 1. The summed E-state index contributed by atoms with van der Waals surface area (Å²) in [6, 6.07) is 0. The summed E-state index contributed by atoms with van der Waals surface area (Å²) >= 11 is 0. The molecule has 0 aromatic carbocycles. The fourth-order valence-electron chi connectivity index (χ4n) is 2.10. The van der Waals surface area contributed by atoms with Gasteiger partial charge in [0.25, 0.3) is 0 Å². The van der Waals surface area contributed by atoms with E-state index in [2.05, 4.69) is 0 Å². The molecule has 17 heavy (non-hydrogen) atoms. The van der Waals surface area contributed by atoms with Crippen LogP contribution in [-0.2, 0) is 9.53 Å². The molecule has 1 aliphatic rings. The highest BCUT2D eigenvalue weighted by atomic mass is 16.5. The largest absolute Gasteiger partial charge is 0.372 e. The number of carbonyl (C=O) groups excluding carboxylic acids is 1. The number of rotatable bonds is 7. The molecule has 2 N–H and O–H groups in total. The third-order valence-electron chi connectivity index (χ3n) is 3.18. The first-order valence-electron chi connectivity index (χ1n) is 6.90. The molecule has 0 atom stereocenters. The van der Waals surface area contributed by atoms with Crippen LogP contribution in [0, 0.1) is 0 Å². The fourth-order valence-corrected chi connectivity index (χ4v) is 2.10. The average molecular weight is 242 g/mol. The van der Waals surface area contributed by atoms with Crippen LogP contribution in [0.4, 0.5) is 0 Å². The molecule has 0 unspecified atom stereocenters. The molecule has 0 aromatic heterocycles. The first-order chi connectivity index (χ1) is 8.34. The number of unbranched alkanes of at least 4 members (excludes halogenated alkanes) is 2. The number of hydrogen-bond acceptors (Lipinski definition) is 3. The monoisotopic (exact) mass is 242 g/mol. The lowest BCUT2D eigenvalue weighted by Gasteiger charge is -2.20. The minimum Gasteiger partial charge on any atom is -0.372 e. The predicted molar refractivity (Wildman–Crippen MR) is 68.8 cm³/mol. The molecule has 1 aliphatic heterocycles. The number of likely N-dealkylation sites (tertiary alicyclic amines) is 1. The Morgan fingerprint density at radius 2 is 1.76 bits per heavy atom. The SMILES string of the molecule is NCCCCCOCC(=O)N1CCCCCC1. The van der Waals surface area contributed by atoms with Crippen LogP contribution >= 0.6 is 0 Å². The predicted octanol–water partition coefficient (Wildman–Crippen LogP) is 1.53. The van der Waals surface area contributed by atoms with Crippen molar-refractivity contribution in [1.29, 1.82) is 0 Å². The number of nitrogens with two attached hydrogens (primary N) is 1. The Morgan fingerprint density at radius 3 is 2.41 bits per heavy atom. The van der Waals surface area contributed by atoms with Crippen LogP contribution < -0.4 is 5.73 Å². The van der Waals surface area contributed by atoms with Crippen molar-refractivity contribution in [3.05, 3.63) is 0 Å².